The summed E-state index contributed by atoms with van der Waals surface area (Å²) in [6.45, 7) is 0. The second-order valence-corrected chi connectivity index (χ2v) is 6.67. The molecule has 8 nitrogen and oxygen atoms in total. The average Bonchev–Trinajstić information content (AvgIpc) is 3.50. The minimum Gasteiger partial charge on any atom is -0.480 e. The molecule has 30 heavy (non-hydrogen) atoms. The molecule has 0 radical (unpaired) electrons. The van der Waals surface area contributed by atoms with Gasteiger partial charge in [0.2, 0.25) is 5.88 Å². The summed E-state index contributed by atoms with van der Waals surface area (Å²) in [5.74, 6) is -1.36. The zero-order chi connectivity index (χ0) is 21.9. The standard InChI is InChI=1S/C19H20F3N5O3/c1-24-18(23)30-16(19(22)5-6-19)15(21)11-7-10(3-4-12(11)20)27-17(28)13-8-26-14(29-2)9-25-13/h3-4,7-9,15-16H,5-6H2,1-2H3,(H2,23,24)(H,27,28)/t15-,16+/m1/s1. The van der Waals surface area contributed by atoms with Crippen LogP contribution in [-0.4, -0.2) is 47.8 Å². The molecule has 3 rings (SSSR count). The first-order valence-electron chi connectivity index (χ1n) is 8.96. The predicted molar refractivity (Wildman–Crippen MR) is 102 cm³/mol. The van der Waals surface area contributed by atoms with Crippen molar-refractivity contribution in [3.8, 4) is 5.88 Å². The molecule has 0 spiro atoms. The van der Waals surface area contributed by atoms with Gasteiger partial charge in [-0.2, -0.15) is 0 Å². The van der Waals surface area contributed by atoms with E-state index in [1.807, 2.05) is 0 Å². The van der Waals surface area contributed by atoms with Gasteiger partial charge in [-0.3, -0.25) is 4.79 Å². The lowest BCUT2D eigenvalue weighted by Crippen LogP contribution is -2.37. The fraction of sp³-hybridized carbons (Fsp3) is 0.368. The van der Waals surface area contributed by atoms with Crippen LogP contribution in [0.1, 0.15) is 35.1 Å². The minimum absolute atomic E-state index is 0.0349. The predicted octanol–water partition coefficient (Wildman–Crippen LogP) is 2.72. The normalized spacial score (nSPS) is 17.0. The van der Waals surface area contributed by atoms with E-state index in [2.05, 4.69) is 20.3 Å². The first-order chi connectivity index (χ1) is 14.3. The van der Waals surface area contributed by atoms with Crippen LogP contribution in [0.5, 0.6) is 5.88 Å². The number of nitrogens with zero attached hydrogens (tertiary/aromatic N) is 3. The highest BCUT2D eigenvalue weighted by atomic mass is 19.2. The Labute approximate surface area is 170 Å². The number of anilines is 1. The maximum atomic E-state index is 15.2. The number of hydrogen-bond donors (Lipinski definition) is 2. The van der Waals surface area contributed by atoms with Crippen molar-refractivity contribution in [1.29, 1.82) is 0 Å². The first-order valence-corrected chi connectivity index (χ1v) is 8.96. The Morgan fingerprint density at radius 2 is 2.07 bits per heavy atom. The minimum atomic E-state index is -2.18. The summed E-state index contributed by atoms with van der Waals surface area (Å²) < 4.78 is 54.1. The van der Waals surface area contributed by atoms with Crippen LogP contribution in [0.2, 0.25) is 0 Å². The van der Waals surface area contributed by atoms with Crippen LogP contribution in [0.25, 0.3) is 0 Å². The molecule has 1 aromatic heterocycles. The second-order valence-electron chi connectivity index (χ2n) is 6.67. The molecule has 0 aliphatic heterocycles. The molecule has 0 unspecified atom stereocenters. The van der Waals surface area contributed by atoms with Crippen molar-refractivity contribution >= 4 is 17.6 Å². The fourth-order valence-electron chi connectivity index (χ4n) is 2.74. The van der Waals surface area contributed by atoms with Gasteiger partial charge in [0.05, 0.1) is 19.5 Å². The molecule has 1 amide bonds. The summed E-state index contributed by atoms with van der Waals surface area (Å²) in [5.41, 5.74) is 3.05. The van der Waals surface area contributed by atoms with E-state index < -0.39 is 41.3 Å². The van der Waals surface area contributed by atoms with Gasteiger partial charge in [0.1, 0.15) is 11.5 Å². The van der Waals surface area contributed by atoms with Gasteiger partial charge in [-0.25, -0.2) is 28.1 Å². The van der Waals surface area contributed by atoms with E-state index in [0.29, 0.717) is 0 Å². The summed E-state index contributed by atoms with van der Waals surface area (Å²) in [6, 6.07) is 2.86. The summed E-state index contributed by atoms with van der Waals surface area (Å²) >= 11 is 0. The molecule has 1 heterocycles. The highest BCUT2D eigenvalue weighted by Crippen LogP contribution is 2.49. The number of amides is 1. The van der Waals surface area contributed by atoms with Crippen molar-refractivity contribution in [3.63, 3.8) is 0 Å². The van der Waals surface area contributed by atoms with Gasteiger partial charge in [0.25, 0.3) is 11.9 Å². The number of aromatic nitrogens is 2. The van der Waals surface area contributed by atoms with Gasteiger partial charge < -0.3 is 20.5 Å². The molecule has 0 saturated heterocycles. The van der Waals surface area contributed by atoms with Crippen LogP contribution < -0.4 is 15.8 Å². The van der Waals surface area contributed by atoms with Gasteiger partial charge >= 0.3 is 0 Å². The molecule has 1 aliphatic rings. The number of rotatable bonds is 7. The third-order valence-electron chi connectivity index (χ3n) is 4.59. The van der Waals surface area contributed by atoms with Crippen LogP contribution in [0.15, 0.2) is 35.6 Å². The highest BCUT2D eigenvalue weighted by molar-refractivity contribution is 6.02. The Morgan fingerprint density at radius 3 is 2.63 bits per heavy atom. The number of hydrogen-bond acceptors (Lipinski definition) is 6. The number of aliphatic imine (C=N–C) groups is 1. The van der Waals surface area contributed by atoms with Crippen LogP contribution in [-0.2, 0) is 4.74 Å². The topological polar surface area (TPSA) is 112 Å². The van der Waals surface area contributed by atoms with Crippen LogP contribution >= 0.6 is 0 Å². The number of ether oxygens (including phenoxy) is 2. The molecule has 1 fully saturated rings. The van der Waals surface area contributed by atoms with Crippen molar-refractivity contribution in [2.24, 2.45) is 10.7 Å². The van der Waals surface area contributed by atoms with E-state index in [0.717, 1.165) is 12.1 Å². The number of nitrogens with one attached hydrogen (secondary N) is 1. The third-order valence-corrected chi connectivity index (χ3v) is 4.59. The molecule has 3 N–H and O–H groups in total. The van der Waals surface area contributed by atoms with Gasteiger partial charge in [0, 0.05) is 18.3 Å². The summed E-state index contributed by atoms with van der Waals surface area (Å²) in [7, 11) is 2.70. The van der Waals surface area contributed by atoms with E-state index in [1.165, 1.54) is 32.6 Å². The number of benzene rings is 1. The van der Waals surface area contributed by atoms with Crippen molar-refractivity contribution in [3.05, 3.63) is 47.7 Å². The Morgan fingerprint density at radius 1 is 1.33 bits per heavy atom. The van der Waals surface area contributed by atoms with E-state index in [9.17, 15) is 13.6 Å². The Bertz CT molecular complexity index is 951. The summed E-state index contributed by atoms with van der Waals surface area (Å²) in [4.78, 5) is 23.6. The van der Waals surface area contributed by atoms with Gasteiger partial charge in [-0.05, 0) is 31.0 Å². The lowest BCUT2D eigenvalue weighted by molar-refractivity contribution is 0.00524. The van der Waals surface area contributed by atoms with E-state index >= 15 is 4.39 Å². The number of nitrogens with two attached hydrogens (primary N) is 1. The number of alkyl halides is 2. The molecule has 2 aromatic rings. The molecule has 1 aliphatic carbocycles. The molecule has 1 aromatic carbocycles. The quantitative estimate of drug-likeness (QED) is 0.523. The molecular formula is C19H20F3N5O3. The first kappa shape index (κ1) is 21.3. The van der Waals surface area contributed by atoms with Gasteiger partial charge in [-0.1, -0.05) is 0 Å². The molecule has 2 atom stereocenters. The van der Waals surface area contributed by atoms with Crippen molar-refractivity contribution < 1.29 is 27.4 Å². The van der Waals surface area contributed by atoms with E-state index in [1.54, 1.807) is 0 Å². The van der Waals surface area contributed by atoms with Gasteiger partial charge in [-0.15, -0.1) is 0 Å². The Balaban J connectivity index is 1.82. The number of halogens is 3. The molecular weight excluding hydrogens is 403 g/mol. The van der Waals surface area contributed by atoms with Crippen LogP contribution in [0, 0.1) is 5.82 Å². The lowest BCUT2D eigenvalue weighted by atomic mass is 9.99. The van der Waals surface area contributed by atoms with Crippen molar-refractivity contribution in [2.45, 2.75) is 30.8 Å². The Kier molecular flexibility index (Phi) is 6.09. The molecule has 160 valence electrons. The second kappa shape index (κ2) is 8.56. The number of amidine groups is 1. The molecule has 0 bridgehead atoms. The third kappa shape index (κ3) is 4.61. The van der Waals surface area contributed by atoms with Crippen LogP contribution in [0.4, 0.5) is 18.9 Å². The summed E-state index contributed by atoms with van der Waals surface area (Å²) in [6.07, 6.45) is -1.30. The van der Waals surface area contributed by atoms with Crippen molar-refractivity contribution in [2.75, 3.05) is 19.5 Å². The smallest absolute Gasteiger partial charge is 0.282 e. The Hall–Kier alpha value is -3.37. The maximum Gasteiger partial charge on any atom is 0.282 e. The maximum absolute atomic E-state index is 15.2. The SMILES string of the molecule is C/N=C(/N)O[C@@H]([C@H](F)c1cc(NC(=O)c2cnc(OC)cn2)ccc1F)C1(F)CC1. The number of carbonyl (C=O) groups excluding carboxylic acids is 1. The molecule has 1 saturated carbocycles. The average molecular weight is 423 g/mol. The van der Waals surface area contributed by atoms with E-state index in [-0.39, 0.29) is 30.1 Å². The highest BCUT2D eigenvalue weighted by Gasteiger charge is 2.56. The largest absolute Gasteiger partial charge is 0.480 e. The zero-order valence-corrected chi connectivity index (χ0v) is 16.2. The van der Waals surface area contributed by atoms with Crippen molar-refractivity contribution in [1.82, 2.24) is 9.97 Å². The summed E-state index contributed by atoms with van der Waals surface area (Å²) in [5, 5.41) is 2.46. The van der Waals surface area contributed by atoms with E-state index in [4.69, 9.17) is 15.2 Å². The molecule has 11 heteroatoms. The zero-order valence-electron chi connectivity index (χ0n) is 16.2. The number of methoxy groups -OCH3 is 1. The van der Waals surface area contributed by atoms with Crippen LogP contribution in [0.3, 0.4) is 0 Å². The van der Waals surface area contributed by atoms with Gasteiger partial charge in [0.15, 0.2) is 17.9 Å². The monoisotopic (exact) mass is 423 g/mol. The lowest BCUT2D eigenvalue weighted by Gasteiger charge is -2.25. The number of carbonyl (C=O) groups is 1. The fourth-order valence-corrected chi connectivity index (χ4v) is 2.74.